The average molecular weight is 394 g/mol. The Labute approximate surface area is 158 Å². The van der Waals surface area contributed by atoms with Crippen LogP contribution in [0.2, 0.25) is 5.02 Å². The second-order valence-electron chi connectivity index (χ2n) is 5.38. The molecule has 0 aliphatic rings. The van der Waals surface area contributed by atoms with E-state index in [9.17, 15) is 9.90 Å². The third kappa shape index (κ3) is 3.72. The lowest BCUT2D eigenvalue weighted by Crippen LogP contribution is -2.41. The van der Waals surface area contributed by atoms with Gasteiger partial charge >= 0.3 is 0 Å². The number of carbonyl (C=O) groups excluding carboxylic acids is 1. The smallest absolute Gasteiger partial charge is 0.255 e. The molecule has 3 aromatic rings. The number of nitrogens with one attached hydrogen (secondary N) is 1. The van der Waals surface area contributed by atoms with Crippen LogP contribution in [0.5, 0.6) is 5.75 Å². The van der Waals surface area contributed by atoms with Crippen LogP contribution in [0.3, 0.4) is 0 Å². The lowest BCUT2D eigenvalue weighted by atomic mass is 9.94. The lowest BCUT2D eigenvalue weighted by Gasteiger charge is -2.27. The maximum absolute atomic E-state index is 12.6. The standard InChI is InChI=1S/C18H16ClNO3S2/c1-23-15-5-4-13(19)9-14(15)17(21)20-11-18(22,12-6-8-24-10-12)16-3-2-7-25-16/h2-10,22H,11H2,1H3,(H,20,21)/t18-/m1/s1. The number of benzene rings is 1. The molecule has 0 bridgehead atoms. The van der Waals surface area contributed by atoms with Gasteiger partial charge in [-0.05, 0) is 46.5 Å². The molecule has 0 saturated carbocycles. The van der Waals surface area contributed by atoms with Crippen LogP contribution in [0, 0.1) is 0 Å². The summed E-state index contributed by atoms with van der Waals surface area (Å²) in [4.78, 5) is 13.4. The number of halogens is 1. The van der Waals surface area contributed by atoms with Gasteiger partial charge in [-0.1, -0.05) is 17.7 Å². The van der Waals surface area contributed by atoms with Crippen molar-refractivity contribution < 1.29 is 14.6 Å². The van der Waals surface area contributed by atoms with Crippen LogP contribution in [-0.2, 0) is 5.60 Å². The highest BCUT2D eigenvalue weighted by Crippen LogP contribution is 2.34. The molecule has 0 aliphatic carbocycles. The Hall–Kier alpha value is -1.86. The van der Waals surface area contributed by atoms with E-state index in [0.717, 1.165) is 10.4 Å². The number of methoxy groups -OCH3 is 1. The average Bonchev–Trinajstić information content (AvgIpc) is 3.33. The molecule has 2 heterocycles. The number of aliphatic hydroxyl groups is 1. The Balaban J connectivity index is 1.85. The second-order valence-corrected chi connectivity index (χ2v) is 7.54. The van der Waals surface area contributed by atoms with E-state index in [-0.39, 0.29) is 12.5 Å². The van der Waals surface area contributed by atoms with Crippen molar-refractivity contribution in [3.63, 3.8) is 0 Å². The highest BCUT2D eigenvalue weighted by Gasteiger charge is 2.34. The van der Waals surface area contributed by atoms with Gasteiger partial charge in [-0.2, -0.15) is 11.3 Å². The largest absolute Gasteiger partial charge is 0.496 e. The molecule has 0 radical (unpaired) electrons. The molecule has 4 nitrogen and oxygen atoms in total. The van der Waals surface area contributed by atoms with Crippen molar-refractivity contribution in [2.24, 2.45) is 0 Å². The molecule has 2 N–H and O–H groups in total. The summed E-state index contributed by atoms with van der Waals surface area (Å²) in [5, 5.41) is 20.2. The minimum absolute atomic E-state index is 0.0404. The summed E-state index contributed by atoms with van der Waals surface area (Å²) >= 11 is 8.93. The fourth-order valence-electron chi connectivity index (χ4n) is 2.51. The van der Waals surface area contributed by atoms with Gasteiger partial charge in [0.05, 0.1) is 19.2 Å². The predicted octanol–water partition coefficient (Wildman–Crippen LogP) is 4.14. The Morgan fingerprint density at radius 1 is 1.32 bits per heavy atom. The van der Waals surface area contributed by atoms with E-state index in [4.69, 9.17) is 16.3 Å². The zero-order chi connectivity index (χ0) is 17.9. The number of ether oxygens (including phenoxy) is 1. The lowest BCUT2D eigenvalue weighted by molar-refractivity contribution is 0.0719. The van der Waals surface area contributed by atoms with Gasteiger partial charge in [-0.25, -0.2) is 0 Å². The first-order chi connectivity index (χ1) is 12.0. The summed E-state index contributed by atoms with van der Waals surface area (Å²) in [5.41, 5.74) is -0.206. The fourth-order valence-corrected chi connectivity index (χ4v) is 4.25. The highest BCUT2D eigenvalue weighted by atomic mass is 35.5. The highest BCUT2D eigenvalue weighted by molar-refractivity contribution is 7.10. The molecule has 130 valence electrons. The van der Waals surface area contributed by atoms with E-state index in [1.807, 2.05) is 34.3 Å². The minimum Gasteiger partial charge on any atom is -0.496 e. The van der Waals surface area contributed by atoms with E-state index in [1.54, 1.807) is 18.2 Å². The zero-order valence-corrected chi connectivity index (χ0v) is 15.8. The van der Waals surface area contributed by atoms with Gasteiger partial charge in [0.1, 0.15) is 11.4 Å². The van der Waals surface area contributed by atoms with Crippen LogP contribution in [-0.4, -0.2) is 24.7 Å². The van der Waals surface area contributed by atoms with E-state index in [2.05, 4.69) is 5.32 Å². The van der Waals surface area contributed by atoms with Crippen molar-refractivity contribution in [1.29, 1.82) is 0 Å². The second kappa shape index (κ2) is 7.58. The van der Waals surface area contributed by atoms with Gasteiger partial charge < -0.3 is 15.2 Å². The number of hydrogen-bond acceptors (Lipinski definition) is 5. The van der Waals surface area contributed by atoms with Crippen molar-refractivity contribution in [2.45, 2.75) is 5.60 Å². The van der Waals surface area contributed by atoms with Crippen molar-refractivity contribution in [1.82, 2.24) is 5.32 Å². The van der Waals surface area contributed by atoms with E-state index < -0.39 is 5.60 Å². The van der Waals surface area contributed by atoms with Gasteiger partial charge in [-0.15, -0.1) is 11.3 Å². The molecule has 0 fully saturated rings. The van der Waals surface area contributed by atoms with Gasteiger partial charge in [0.25, 0.3) is 5.91 Å². The number of thiophene rings is 2. The Bertz CT molecular complexity index is 813. The number of hydrogen-bond donors (Lipinski definition) is 2. The third-order valence-electron chi connectivity index (χ3n) is 3.84. The van der Waals surface area contributed by atoms with Crippen molar-refractivity contribution >= 4 is 40.2 Å². The molecule has 0 saturated heterocycles. The molecule has 0 spiro atoms. The van der Waals surface area contributed by atoms with Crippen LogP contribution < -0.4 is 10.1 Å². The van der Waals surface area contributed by atoms with Gasteiger partial charge in [0, 0.05) is 15.5 Å². The normalized spacial score (nSPS) is 13.2. The molecule has 1 amide bonds. The van der Waals surface area contributed by atoms with Crippen molar-refractivity contribution in [2.75, 3.05) is 13.7 Å². The monoisotopic (exact) mass is 393 g/mol. The number of rotatable bonds is 6. The molecule has 25 heavy (non-hydrogen) atoms. The minimum atomic E-state index is -1.28. The summed E-state index contributed by atoms with van der Waals surface area (Å²) in [6.45, 7) is 0.0404. The number of carbonyl (C=O) groups is 1. The van der Waals surface area contributed by atoms with Crippen LogP contribution in [0.25, 0.3) is 0 Å². The summed E-state index contributed by atoms with van der Waals surface area (Å²) in [6, 6.07) is 10.4. The van der Waals surface area contributed by atoms with Crippen molar-refractivity contribution in [3.05, 3.63) is 73.6 Å². The van der Waals surface area contributed by atoms with E-state index >= 15 is 0 Å². The molecule has 0 aliphatic heterocycles. The van der Waals surface area contributed by atoms with E-state index in [0.29, 0.717) is 16.3 Å². The summed E-state index contributed by atoms with van der Waals surface area (Å²) in [5.74, 6) is 0.0710. The van der Waals surface area contributed by atoms with Gasteiger partial charge in [0.2, 0.25) is 0 Å². The maximum Gasteiger partial charge on any atom is 0.255 e. The topological polar surface area (TPSA) is 58.6 Å². The number of amides is 1. The van der Waals surface area contributed by atoms with Gasteiger partial charge in [-0.3, -0.25) is 4.79 Å². The first-order valence-electron chi connectivity index (χ1n) is 7.45. The van der Waals surface area contributed by atoms with Crippen LogP contribution >= 0.6 is 34.3 Å². The maximum atomic E-state index is 12.6. The van der Waals surface area contributed by atoms with Crippen LogP contribution in [0.4, 0.5) is 0 Å². The molecular weight excluding hydrogens is 378 g/mol. The first-order valence-corrected chi connectivity index (χ1v) is 9.65. The summed E-state index contributed by atoms with van der Waals surface area (Å²) < 4.78 is 5.22. The van der Waals surface area contributed by atoms with Crippen molar-refractivity contribution in [3.8, 4) is 5.75 Å². The Kier molecular flexibility index (Phi) is 5.44. The van der Waals surface area contributed by atoms with E-state index in [1.165, 1.54) is 29.8 Å². The summed E-state index contributed by atoms with van der Waals surface area (Å²) in [7, 11) is 1.49. The Morgan fingerprint density at radius 3 is 2.80 bits per heavy atom. The Morgan fingerprint density at radius 2 is 2.16 bits per heavy atom. The first kappa shape index (κ1) is 17.9. The SMILES string of the molecule is COc1ccc(Cl)cc1C(=O)NC[C@@](O)(c1ccsc1)c1cccs1. The van der Waals surface area contributed by atoms with Crippen LogP contribution in [0.15, 0.2) is 52.5 Å². The fraction of sp³-hybridized carbons (Fsp3) is 0.167. The summed E-state index contributed by atoms with van der Waals surface area (Å²) in [6.07, 6.45) is 0. The predicted molar refractivity (Wildman–Crippen MR) is 102 cm³/mol. The molecular formula is C18H16ClNO3S2. The molecule has 2 aromatic heterocycles. The molecule has 1 aromatic carbocycles. The molecule has 1 atom stereocenters. The molecule has 0 unspecified atom stereocenters. The van der Waals surface area contributed by atoms with Crippen LogP contribution in [0.1, 0.15) is 20.8 Å². The zero-order valence-electron chi connectivity index (χ0n) is 13.4. The molecule has 7 heteroatoms. The molecule has 3 rings (SSSR count). The quantitative estimate of drug-likeness (QED) is 0.661. The van der Waals surface area contributed by atoms with Gasteiger partial charge in [0.15, 0.2) is 0 Å². The third-order valence-corrected chi connectivity index (χ3v) is 5.78.